The monoisotopic (exact) mass is 390 g/mol. The number of benzene rings is 2. The Kier molecular flexibility index (Phi) is 6.05. The van der Waals surface area contributed by atoms with E-state index in [-0.39, 0.29) is 0 Å². The van der Waals surface area contributed by atoms with E-state index in [9.17, 15) is 5.26 Å². The highest BCUT2D eigenvalue weighted by atomic mass is 32.2. The van der Waals surface area contributed by atoms with Crippen molar-refractivity contribution in [2.45, 2.75) is 32.6 Å². The second kappa shape index (κ2) is 8.47. The molecule has 0 aliphatic rings. The van der Waals surface area contributed by atoms with Gasteiger partial charge >= 0.3 is 0 Å². The number of nitriles is 1. The average molecular weight is 391 g/mol. The zero-order valence-electron chi connectivity index (χ0n) is 16.0. The van der Waals surface area contributed by atoms with Gasteiger partial charge in [-0.3, -0.25) is 3.97 Å². The highest BCUT2D eigenvalue weighted by Gasteiger charge is 2.14. The van der Waals surface area contributed by atoms with Gasteiger partial charge in [0.1, 0.15) is 0 Å². The van der Waals surface area contributed by atoms with E-state index in [1.807, 2.05) is 32.0 Å². The van der Waals surface area contributed by atoms with E-state index < -0.39 is 0 Å². The summed E-state index contributed by atoms with van der Waals surface area (Å²) in [7, 11) is 0. The number of hydrogen-bond acceptors (Lipinski definition) is 3. The van der Waals surface area contributed by atoms with Crippen molar-refractivity contribution >= 4 is 34.2 Å². The van der Waals surface area contributed by atoms with Gasteiger partial charge in [-0.25, -0.2) is 0 Å². The van der Waals surface area contributed by atoms with Crippen molar-refractivity contribution in [1.29, 1.82) is 5.26 Å². The van der Waals surface area contributed by atoms with Crippen molar-refractivity contribution in [3.05, 3.63) is 76.1 Å². The minimum atomic E-state index is 0.694. The molecule has 4 heteroatoms. The van der Waals surface area contributed by atoms with Gasteiger partial charge < -0.3 is 0 Å². The molecule has 0 radical (unpaired) electrons. The van der Waals surface area contributed by atoms with Gasteiger partial charge in [0, 0.05) is 26.9 Å². The van der Waals surface area contributed by atoms with Crippen LogP contribution in [-0.2, 0) is 0 Å². The molecular formula is C23H22N2S2. The van der Waals surface area contributed by atoms with Crippen molar-refractivity contribution in [3.63, 3.8) is 0 Å². The predicted octanol–water partition coefficient (Wildman–Crippen LogP) is 7.44. The summed E-state index contributed by atoms with van der Waals surface area (Å²) in [4.78, 5) is 2.49. The molecule has 136 valence electrons. The van der Waals surface area contributed by atoms with E-state index in [1.54, 1.807) is 23.3 Å². The summed E-state index contributed by atoms with van der Waals surface area (Å²) in [5.74, 6) is 0. The molecule has 0 saturated heterocycles. The van der Waals surface area contributed by atoms with Crippen LogP contribution in [0.2, 0.25) is 0 Å². The zero-order chi connectivity index (χ0) is 19.4. The van der Waals surface area contributed by atoms with Gasteiger partial charge in [0.05, 0.1) is 17.1 Å². The minimum absolute atomic E-state index is 0.694. The van der Waals surface area contributed by atoms with Gasteiger partial charge in [-0.05, 0) is 73.1 Å². The molecule has 2 heterocycles. The molecular weight excluding hydrogens is 368 g/mol. The van der Waals surface area contributed by atoms with Gasteiger partial charge in [0.2, 0.25) is 0 Å². The molecule has 0 fully saturated rings. The maximum atomic E-state index is 9.28. The molecule has 0 saturated carbocycles. The molecule has 0 N–H and O–H groups in total. The highest BCUT2D eigenvalue weighted by molar-refractivity contribution is 7.98. The summed E-state index contributed by atoms with van der Waals surface area (Å²) >= 11 is 3.45. The fourth-order valence-electron chi connectivity index (χ4n) is 2.94. The number of aryl methyl sites for hydroxylation is 2. The fourth-order valence-corrected chi connectivity index (χ4v) is 4.55. The van der Waals surface area contributed by atoms with Crippen molar-refractivity contribution in [1.82, 2.24) is 3.97 Å². The lowest BCUT2D eigenvalue weighted by atomic mass is 10.0. The number of fused-ring (bicyclic) bond motifs is 1. The molecule has 0 aliphatic heterocycles. The van der Waals surface area contributed by atoms with Crippen molar-refractivity contribution < 1.29 is 0 Å². The molecule has 2 aromatic heterocycles. The maximum absolute atomic E-state index is 9.28. The molecule has 0 unspecified atom stereocenters. The van der Waals surface area contributed by atoms with Crippen LogP contribution in [0.5, 0.6) is 0 Å². The van der Waals surface area contributed by atoms with Crippen LogP contribution in [0.4, 0.5) is 0 Å². The average Bonchev–Trinajstić information content (AvgIpc) is 3.28. The van der Waals surface area contributed by atoms with Crippen molar-refractivity contribution in [2.24, 2.45) is 0 Å². The first-order valence-electron chi connectivity index (χ1n) is 9.00. The Balaban J connectivity index is 0.00000102. The summed E-state index contributed by atoms with van der Waals surface area (Å²) in [6, 6.07) is 18.9. The van der Waals surface area contributed by atoms with Crippen LogP contribution in [0.1, 0.15) is 29.9 Å². The van der Waals surface area contributed by atoms with Crippen LogP contribution < -0.4 is 0 Å². The zero-order valence-corrected chi connectivity index (χ0v) is 17.6. The maximum Gasteiger partial charge on any atom is 0.0991 e. The molecule has 0 aliphatic carbocycles. The topological polar surface area (TPSA) is 28.7 Å². The molecule has 0 bridgehead atoms. The van der Waals surface area contributed by atoms with E-state index >= 15 is 0 Å². The lowest BCUT2D eigenvalue weighted by Gasteiger charge is -2.04. The summed E-state index contributed by atoms with van der Waals surface area (Å²) < 4.78 is 2.20. The summed E-state index contributed by atoms with van der Waals surface area (Å²) in [5, 5.41) is 12.5. The van der Waals surface area contributed by atoms with E-state index in [4.69, 9.17) is 0 Å². The van der Waals surface area contributed by atoms with Gasteiger partial charge in [-0.2, -0.15) is 5.26 Å². The molecule has 0 atom stereocenters. The van der Waals surface area contributed by atoms with Gasteiger partial charge in [0.15, 0.2) is 0 Å². The lowest BCUT2D eigenvalue weighted by molar-refractivity contribution is 1.30. The van der Waals surface area contributed by atoms with E-state index in [1.165, 1.54) is 26.5 Å². The minimum Gasteiger partial charge on any atom is -0.286 e. The van der Waals surface area contributed by atoms with Gasteiger partial charge in [-0.15, -0.1) is 11.3 Å². The Labute approximate surface area is 169 Å². The third-order valence-electron chi connectivity index (χ3n) is 4.27. The largest absolute Gasteiger partial charge is 0.286 e. The fraction of sp³-hybridized carbons (Fsp3) is 0.174. The standard InChI is InChI=1S/C21H16N2S2.C2H6/c1-14-3-6-17(7-4-14)25-23-13-20(18-9-10-24-15(18)2)19-11-16(12-22)5-8-21(19)23;1-2/h3-11,13H,1-2H3;1-2H3. The Bertz CT molecular complexity index is 1100. The van der Waals surface area contributed by atoms with Gasteiger partial charge in [-0.1, -0.05) is 31.5 Å². The van der Waals surface area contributed by atoms with Crippen LogP contribution in [0.3, 0.4) is 0 Å². The second-order valence-electron chi connectivity index (χ2n) is 6.01. The molecule has 0 amide bonds. The Morgan fingerprint density at radius 1 is 0.963 bits per heavy atom. The Morgan fingerprint density at radius 2 is 1.70 bits per heavy atom. The summed E-state index contributed by atoms with van der Waals surface area (Å²) in [6.45, 7) is 8.24. The highest BCUT2D eigenvalue weighted by Crippen LogP contribution is 2.38. The van der Waals surface area contributed by atoms with Crippen LogP contribution in [0, 0.1) is 25.2 Å². The van der Waals surface area contributed by atoms with E-state index in [2.05, 4.69) is 65.8 Å². The normalized spacial score (nSPS) is 10.3. The molecule has 2 nitrogen and oxygen atoms in total. The first-order chi connectivity index (χ1) is 13.2. The van der Waals surface area contributed by atoms with Crippen LogP contribution in [0.25, 0.3) is 22.0 Å². The van der Waals surface area contributed by atoms with Crippen LogP contribution >= 0.6 is 23.3 Å². The number of hydrogen-bond donors (Lipinski definition) is 0. The number of rotatable bonds is 3. The Hall–Kier alpha value is -2.48. The first kappa shape index (κ1) is 19.3. The van der Waals surface area contributed by atoms with E-state index in [0.717, 1.165) is 10.9 Å². The molecule has 4 aromatic rings. The number of aromatic nitrogens is 1. The quantitative estimate of drug-likeness (QED) is 0.364. The van der Waals surface area contributed by atoms with Gasteiger partial charge in [0.25, 0.3) is 0 Å². The SMILES string of the molecule is CC.Cc1ccc(Sn2cc(-c3ccsc3C)c3cc(C#N)ccc32)cc1. The Morgan fingerprint density at radius 3 is 2.33 bits per heavy atom. The molecule has 4 rings (SSSR count). The molecule has 27 heavy (non-hydrogen) atoms. The smallest absolute Gasteiger partial charge is 0.0991 e. The molecule has 0 spiro atoms. The third-order valence-corrected chi connectivity index (χ3v) is 6.10. The van der Waals surface area contributed by atoms with Crippen molar-refractivity contribution in [2.75, 3.05) is 0 Å². The summed E-state index contributed by atoms with van der Waals surface area (Å²) in [6.07, 6.45) is 2.19. The number of nitrogens with zero attached hydrogens (tertiary/aromatic N) is 2. The lowest BCUT2D eigenvalue weighted by Crippen LogP contribution is -1.85. The van der Waals surface area contributed by atoms with Crippen molar-refractivity contribution in [3.8, 4) is 17.2 Å². The summed E-state index contributed by atoms with van der Waals surface area (Å²) in [5.41, 5.74) is 5.51. The predicted molar refractivity (Wildman–Crippen MR) is 118 cm³/mol. The molecule has 2 aromatic carbocycles. The number of thiophene rings is 1. The van der Waals surface area contributed by atoms with Crippen LogP contribution in [0.15, 0.2) is 65.0 Å². The first-order valence-corrected chi connectivity index (χ1v) is 10.7. The van der Waals surface area contributed by atoms with Crippen LogP contribution in [-0.4, -0.2) is 3.97 Å². The third kappa shape index (κ3) is 3.95. The second-order valence-corrected chi connectivity index (χ2v) is 8.17. The van der Waals surface area contributed by atoms with E-state index in [0.29, 0.717) is 5.56 Å².